The van der Waals surface area contributed by atoms with E-state index in [1.54, 1.807) is 6.34 Å². The Morgan fingerprint density at radius 2 is 1.52 bits per heavy atom. The molecule has 118 valence electrons. The van der Waals surface area contributed by atoms with Gasteiger partial charge < -0.3 is 5.73 Å². The minimum absolute atomic E-state index is 0.691. The number of fused-ring (bicyclic) bond motifs is 2. The van der Waals surface area contributed by atoms with Crippen molar-refractivity contribution in [1.29, 1.82) is 0 Å². The van der Waals surface area contributed by atoms with Crippen LogP contribution in [0.25, 0.3) is 0 Å². The summed E-state index contributed by atoms with van der Waals surface area (Å²) in [6.07, 6.45) is 1.58. The molecule has 0 bridgehead atoms. The third-order valence-electron chi connectivity index (χ3n) is 4.28. The highest BCUT2D eigenvalue weighted by Gasteiger charge is 2.10. The Hall–Kier alpha value is -3.60. The summed E-state index contributed by atoms with van der Waals surface area (Å²) in [6, 6.07) is 19.8. The van der Waals surface area contributed by atoms with Crippen LogP contribution in [0.5, 0.6) is 0 Å². The summed E-state index contributed by atoms with van der Waals surface area (Å²) >= 11 is 0. The van der Waals surface area contributed by atoms with Crippen LogP contribution in [0.2, 0.25) is 0 Å². The molecule has 25 heavy (non-hydrogen) atoms. The third kappa shape index (κ3) is 2.33. The van der Waals surface area contributed by atoms with Crippen molar-refractivity contribution in [2.24, 2.45) is 20.0 Å². The predicted molar refractivity (Wildman–Crippen MR) is 98.1 cm³/mol. The highest BCUT2D eigenvalue weighted by atomic mass is 15.0. The van der Waals surface area contributed by atoms with Crippen LogP contribution in [-0.2, 0) is 0 Å². The number of aliphatic imine (C=N–C) groups is 2. The van der Waals surface area contributed by atoms with Crippen LogP contribution >= 0.6 is 0 Å². The maximum absolute atomic E-state index is 5.86. The Morgan fingerprint density at radius 1 is 0.720 bits per heavy atom. The standard InChI is InChI=1S/C20H13N5/c21-15-3-1-2-14(8-15)20-24-17-7-5-13(10-19(17)25-20)12-4-6-16-18(9-12)23-11-22-16/h1-11H,21H2. The lowest BCUT2D eigenvalue weighted by Crippen LogP contribution is -2.00. The smallest absolute Gasteiger partial charge is 0.160 e. The van der Waals surface area contributed by atoms with E-state index in [-0.39, 0.29) is 0 Å². The van der Waals surface area contributed by atoms with Crippen molar-refractivity contribution >= 4 is 29.2 Å². The van der Waals surface area contributed by atoms with Crippen LogP contribution in [0.1, 0.15) is 5.56 Å². The summed E-state index contributed by atoms with van der Waals surface area (Å²) in [5.74, 6) is 0.691. The van der Waals surface area contributed by atoms with Crippen molar-refractivity contribution in [3.8, 4) is 0 Å². The molecule has 0 radical (unpaired) electrons. The summed E-state index contributed by atoms with van der Waals surface area (Å²) in [5.41, 5.74) is 9.25. The fourth-order valence-corrected chi connectivity index (χ4v) is 3.02. The number of nitrogens with zero attached hydrogens (tertiary/aromatic N) is 4. The molecular formula is C20H13N5. The fourth-order valence-electron chi connectivity index (χ4n) is 3.02. The molecule has 0 aromatic heterocycles. The van der Waals surface area contributed by atoms with Crippen molar-refractivity contribution in [3.05, 3.63) is 87.4 Å². The van der Waals surface area contributed by atoms with Gasteiger partial charge in [0.1, 0.15) is 6.34 Å². The van der Waals surface area contributed by atoms with Gasteiger partial charge in [-0.15, -0.1) is 0 Å². The van der Waals surface area contributed by atoms with Gasteiger partial charge in [0.25, 0.3) is 0 Å². The van der Waals surface area contributed by atoms with Crippen LogP contribution < -0.4 is 16.4 Å². The fraction of sp³-hybridized carbons (Fsp3) is 0. The maximum Gasteiger partial charge on any atom is 0.160 e. The lowest BCUT2D eigenvalue weighted by atomic mass is 10.2. The molecule has 0 unspecified atom stereocenters. The average Bonchev–Trinajstić information content (AvgIpc) is 3.27. The summed E-state index contributed by atoms with van der Waals surface area (Å²) in [7, 11) is 0. The first-order chi connectivity index (χ1) is 12.3. The van der Waals surface area contributed by atoms with Gasteiger partial charge >= 0.3 is 0 Å². The van der Waals surface area contributed by atoms with E-state index in [1.165, 1.54) is 0 Å². The van der Waals surface area contributed by atoms with Gasteiger partial charge in [0.15, 0.2) is 5.84 Å². The number of amidine groups is 1. The Labute approximate surface area is 142 Å². The molecule has 0 atom stereocenters. The van der Waals surface area contributed by atoms with Crippen molar-refractivity contribution < 1.29 is 0 Å². The predicted octanol–water partition coefficient (Wildman–Crippen LogP) is 2.56. The topological polar surface area (TPSA) is 75.5 Å². The molecule has 2 aliphatic rings. The van der Waals surface area contributed by atoms with E-state index in [4.69, 9.17) is 5.73 Å². The number of anilines is 1. The van der Waals surface area contributed by atoms with Gasteiger partial charge in [-0.25, -0.2) is 20.0 Å². The van der Waals surface area contributed by atoms with E-state index in [9.17, 15) is 0 Å². The highest BCUT2D eigenvalue weighted by Crippen LogP contribution is 2.18. The number of rotatable bonds is 1. The molecule has 0 saturated heterocycles. The van der Waals surface area contributed by atoms with Crippen LogP contribution in [-0.4, -0.2) is 12.2 Å². The van der Waals surface area contributed by atoms with Crippen molar-refractivity contribution in [1.82, 2.24) is 0 Å². The summed E-state index contributed by atoms with van der Waals surface area (Å²) in [6.45, 7) is 0. The Balaban J connectivity index is 1.68. The Kier molecular flexibility index (Phi) is 2.87. The first-order valence-corrected chi connectivity index (χ1v) is 7.94. The molecule has 2 heterocycles. The van der Waals surface area contributed by atoms with Crippen LogP contribution in [0, 0.1) is 10.4 Å². The third-order valence-corrected chi connectivity index (χ3v) is 4.28. The van der Waals surface area contributed by atoms with Crippen molar-refractivity contribution in [3.63, 3.8) is 0 Å². The maximum atomic E-state index is 5.86. The molecule has 5 rings (SSSR count). The molecule has 2 aliphatic heterocycles. The van der Waals surface area contributed by atoms with Crippen LogP contribution in [0.4, 0.5) is 17.1 Å². The molecule has 5 heteroatoms. The molecule has 0 saturated carbocycles. The summed E-state index contributed by atoms with van der Waals surface area (Å²) in [5, 5.41) is 3.94. The quantitative estimate of drug-likeness (QED) is 0.687. The average molecular weight is 323 g/mol. The van der Waals surface area contributed by atoms with Gasteiger partial charge in [0.05, 0.1) is 22.1 Å². The van der Waals surface area contributed by atoms with E-state index >= 15 is 0 Å². The van der Waals surface area contributed by atoms with E-state index in [0.717, 1.165) is 38.1 Å². The van der Waals surface area contributed by atoms with Crippen LogP contribution in [0.3, 0.4) is 0 Å². The normalized spacial score (nSPS) is 15.1. The minimum Gasteiger partial charge on any atom is -0.399 e. The lowest BCUT2D eigenvalue weighted by Gasteiger charge is -1.98. The van der Waals surface area contributed by atoms with E-state index in [1.807, 2.05) is 48.5 Å². The molecule has 5 nitrogen and oxygen atoms in total. The number of nitrogen functional groups attached to an aromatic ring is 1. The number of hydrogen-bond acceptors (Lipinski definition) is 5. The van der Waals surface area contributed by atoms with E-state index in [2.05, 4.69) is 32.1 Å². The second-order valence-electron chi connectivity index (χ2n) is 5.95. The number of hydrogen-bond donors (Lipinski definition) is 1. The zero-order chi connectivity index (χ0) is 16.8. The molecular weight excluding hydrogens is 310 g/mol. The van der Waals surface area contributed by atoms with Crippen molar-refractivity contribution in [2.75, 3.05) is 5.73 Å². The molecule has 0 amide bonds. The van der Waals surface area contributed by atoms with E-state index in [0.29, 0.717) is 11.5 Å². The number of nitrogens with two attached hydrogens (primary N) is 1. The first kappa shape index (κ1) is 13.8. The van der Waals surface area contributed by atoms with Crippen molar-refractivity contribution in [2.45, 2.75) is 0 Å². The molecule has 0 fully saturated rings. The summed E-state index contributed by atoms with van der Waals surface area (Å²) < 4.78 is 0. The van der Waals surface area contributed by atoms with Crippen LogP contribution in [0.15, 0.2) is 80.6 Å². The zero-order valence-corrected chi connectivity index (χ0v) is 13.2. The van der Waals surface area contributed by atoms with E-state index < -0.39 is 0 Å². The second-order valence-corrected chi connectivity index (χ2v) is 5.95. The Bertz CT molecular complexity index is 1300. The van der Waals surface area contributed by atoms with Gasteiger partial charge in [0, 0.05) is 11.3 Å². The number of benzene rings is 3. The van der Waals surface area contributed by atoms with Gasteiger partial charge in [0.2, 0.25) is 0 Å². The first-order valence-electron chi connectivity index (χ1n) is 7.94. The monoisotopic (exact) mass is 323 g/mol. The lowest BCUT2D eigenvalue weighted by molar-refractivity contribution is 1.38. The van der Waals surface area contributed by atoms with Gasteiger partial charge in [-0.2, -0.15) is 0 Å². The molecule has 2 N–H and O–H groups in total. The summed E-state index contributed by atoms with van der Waals surface area (Å²) in [4.78, 5) is 17.8. The SMILES string of the molecule is Nc1cccc(C2=Nc3cc(=c4ccc5c(c4)N=CN=5)ccc3=N2)c1. The zero-order valence-electron chi connectivity index (χ0n) is 13.2. The minimum atomic E-state index is 0.691. The molecule has 0 spiro atoms. The largest absolute Gasteiger partial charge is 0.399 e. The molecule has 3 aromatic rings. The Morgan fingerprint density at radius 3 is 2.36 bits per heavy atom. The van der Waals surface area contributed by atoms with Gasteiger partial charge in [-0.05, 0) is 46.8 Å². The molecule has 0 aliphatic carbocycles. The van der Waals surface area contributed by atoms with Gasteiger partial charge in [-0.1, -0.05) is 24.3 Å². The molecule has 3 aromatic carbocycles. The second kappa shape index (κ2) is 5.21. The highest BCUT2D eigenvalue weighted by molar-refractivity contribution is 6.03. The van der Waals surface area contributed by atoms with Gasteiger partial charge in [-0.3, -0.25) is 0 Å².